The van der Waals surface area contributed by atoms with Crippen LogP contribution >= 0.6 is 27.5 Å². The maximum absolute atomic E-state index is 6.24. The van der Waals surface area contributed by atoms with Crippen LogP contribution in [0.3, 0.4) is 0 Å². The summed E-state index contributed by atoms with van der Waals surface area (Å²) in [6.07, 6.45) is 1.66. The number of hydrogen-bond donors (Lipinski definition) is 1. The van der Waals surface area contributed by atoms with Gasteiger partial charge in [0.2, 0.25) is 0 Å². The van der Waals surface area contributed by atoms with Crippen LogP contribution in [0.4, 0.5) is 0 Å². The molecule has 0 radical (unpaired) electrons. The molecule has 0 aliphatic carbocycles. The summed E-state index contributed by atoms with van der Waals surface area (Å²) in [4.78, 5) is 0. The average molecular weight is 339 g/mol. The molecule has 100 valence electrons. The van der Waals surface area contributed by atoms with Gasteiger partial charge in [-0.25, -0.2) is 0 Å². The first kappa shape index (κ1) is 14.6. The molecule has 0 fully saturated rings. The summed E-state index contributed by atoms with van der Waals surface area (Å²) in [5.74, 6) is 0. The predicted octanol–water partition coefficient (Wildman–Crippen LogP) is 4.52. The summed E-state index contributed by atoms with van der Waals surface area (Å²) in [6.45, 7) is 2.04. The molecule has 0 saturated carbocycles. The number of nitrogens with two attached hydrogens (primary N) is 1. The molecule has 1 nitrogen and oxygen atoms in total. The summed E-state index contributed by atoms with van der Waals surface area (Å²) < 4.78 is 1.09. The van der Waals surface area contributed by atoms with Gasteiger partial charge in [0, 0.05) is 15.5 Å². The maximum atomic E-state index is 6.24. The molecule has 0 amide bonds. The lowest BCUT2D eigenvalue weighted by atomic mass is 9.99. The van der Waals surface area contributed by atoms with E-state index < -0.39 is 0 Å². The molecule has 0 saturated heterocycles. The maximum Gasteiger partial charge on any atom is 0.0441 e. The summed E-state index contributed by atoms with van der Waals surface area (Å²) in [6, 6.07) is 14.5. The second-order valence-electron chi connectivity index (χ2n) is 4.89. The monoisotopic (exact) mass is 337 g/mol. The van der Waals surface area contributed by atoms with E-state index >= 15 is 0 Å². The van der Waals surface area contributed by atoms with Crippen molar-refractivity contribution >= 4 is 27.5 Å². The van der Waals surface area contributed by atoms with Crippen molar-refractivity contribution in [1.82, 2.24) is 0 Å². The summed E-state index contributed by atoms with van der Waals surface area (Å²) in [5, 5.41) is 0.811. The van der Waals surface area contributed by atoms with Gasteiger partial charge >= 0.3 is 0 Å². The lowest BCUT2D eigenvalue weighted by Gasteiger charge is -2.13. The van der Waals surface area contributed by atoms with Crippen LogP contribution < -0.4 is 5.73 Å². The van der Waals surface area contributed by atoms with E-state index in [4.69, 9.17) is 17.3 Å². The third-order valence-corrected chi connectivity index (χ3v) is 3.98. The molecule has 0 spiro atoms. The highest BCUT2D eigenvalue weighted by Crippen LogP contribution is 2.20. The van der Waals surface area contributed by atoms with Crippen LogP contribution in [0, 0.1) is 6.92 Å². The molecule has 0 aliphatic rings. The first-order valence-electron chi connectivity index (χ1n) is 6.29. The SMILES string of the molecule is Cc1ccc(CC(N)Cc2ccc(Br)cc2)c(Cl)c1. The van der Waals surface area contributed by atoms with Gasteiger partial charge in [0.25, 0.3) is 0 Å². The van der Waals surface area contributed by atoms with Crippen LogP contribution in [0.25, 0.3) is 0 Å². The fourth-order valence-electron chi connectivity index (χ4n) is 2.10. The van der Waals surface area contributed by atoms with Crippen molar-refractivity contribution in [3.05, 3.63) is 68.7 Å². The number of hydrogen-bond acceptors (Lipinski definition) is 1. The number of halogens is 2. The van der Waals surface area contributed by atoms with Crippen LogP contribution in [-0.4, -0.2) is 6.04 Å². The Kier molecular flexibility index (Phi) is 5.03. The zero-order chi connectivity index (χ0) is 13.8. The number of rotatable bonds is 4. The normalized spacial score (nSPS) is 12.4. The number of benzene rings is 2. The Morgan fingerprint density at radius 2 is 1.79 bits per heavy atom. The van der Waals surface area contributed by atoms with E-state index in [0.717, 1.165) is 27.9 Å². The molecule has 19 heavy (non-hydrogen) atoms. The van der Waals surface area contributed by atoms with E-state index in [1.54, 1.807) is 0 Å². The highest BCUT2D eigenvalue weighted by molar-refractivity contribution is 9.10. The van der Waals surface area contributed by atoms with Crippen molar-refractivity contribution in [2.24, 2.45) is 5.73 Å². The molecule has 2 rings (SSSR count). The Bertz CT molecular complexity index is 551. The zero-order valence-electron chi connectivity index (χ0n) is 10.9. The summed E-state index contributed by atoms with van der Waals surface area (Å²) >= 11 is 9.67. The van der Waals surface area contributed by atoms with Crippen LogP contribution in [0.1, 0.15) is 16.7 Å². The standard InChI is InChI=1S/C16H17BrClN/c1-11-2-5-13(16(18)8-11)10-15(19)9-12-3-6-14(17)7-4-12/h2-8,15H,9-10,19H2,1H3. The smallest absolute Gasteiger partial charge is 0.0441 e. The quantitative estimate of drug-likeness (QED) is 0.871. The average Bonchev–Trinajstić information content (AvgIpc) is 2.36. The van der Waals surface area contributed by atoms with Crippen LogP contribution in [0.5, 0.6) is 0 Å². The first-order chi connectivity index (χ1) is 9.04. The molecule has 3 heteroatoms. The topological polar surface area (TPSA) is 26.0 Å². The van der Waals surface area contributed by atoms with Gasteiger partial charge in [0.15, 0.2) is 0 Å². The van der Waals surface area contributed by atoms with Gasteiger partial charge in [0.1, 0.15) is 0 Å². The Labute approximate surface area is 127 Å². The zero-order valence-corrected chi connectivity index (χ0v) is 13.2. The predicted molar refractivity (Wildman–Crippen MR) is 85.7 cm³/mol. The molecule has 2 N–H and O–H groups in total. The van der Waals surface area contributed by atoms with E-state index in [9.17, 15) is 0 Å². The fraction of sp³-hybridized carbons (Fsp3) is 0.250. The van der Waals surface area contributed by atoms with E-state index in [1.165, 1.54) is 11.1 Å². The van der Waals surface area contributed by atoms with Gasteiger partial charge in [-0.3, -0.25) is 0 Å². The van der Waals surface area contributed by atoms with E-state index in [1.807, 2.05) is 25.1 Å². The summed E-state index contributed by atoms with van der Waals surface area (Å²) in [7, 11) is 0. The van der Waals surface area contributed by atoms with Crippen molar-refractivity contribution < 1.29 is 0 Å². The Balaban J connectivity index is 2.01. The lowest BCUT2D eigenvalue weighted by molar-refractivity contribution is 0.665. The molecule has 2 aromatic rings. The minimum absolute atomic E-state index is 0.0846. The van der Waals surface area contributed by atoms with E-state index in [2.05, 4.69) is 40.2 Å². The molecule has 2 aromatic carbocycles. The van der Waals surface area contributed by atoms with Gasteiger partial charge in [-0.2, -0.15) is 0 Å². The second-order valence-corrected chi connectivity index (χ2v) is 6.21. The van der Waals surface area contributed by atoms with Crippen molar-refractivity contribution in [3.63, 3.8) is 0 Å². The molecule has 0 bridgehead atoms. The van der Waals surface area contributed by atoms with Crippen molar-refractivity contribution in [2.75, 3.05) is 0 Å². The van der Waals surface area contributed by atoms with Crippen LogP contribution in [0.2, 0.25) is 5.02 Å². The number of aryl methyl sites for hydroxylation is 1. The van der Waals surface area contributed by atoms with E-state index in [-0.39, 0.29) is 6.04 Å². The highest BCUT2D eigenvalue weighted by Gasteiger charge is 2.08. The minimum atomic E-state index is 0.0846. The van der Waals surface area contributed by atoms with Crippen LogP contribution in [-0.2, 0) is 12.8 Å². The van der Waals surface area contributed by atoms with Gasteiger partial charge in [-0.1, -0.05) is 51.8 Å². The van der Waals surface area contributed by atoms with Crippen molar-refractivity contribution in [3.8, 4) is 0 Å². The lowest BCUT2D eigenvalue weighted by Crippen LogP contribution is -2.25. The van der Waals surface area contributed by atoms with E-state index in [0.29, 0.717) is 0 Å². The Morgan fingerprint density at radius 3 is 2.42 bits per heavy atom. The van der Waals surface area contributed by atoms with Crippen molar-refractivity contribution in [1.29, 1.82) is 0 Å². The minimum Gasteiger partial charge on any atom is -0.327 e. The Morgan fingerprint density at radius 1 is 1.11 bits per heavy atom. The fourth-order valence-corrected chi connectivity index (χ4v) is 2.67. The van der Waals surface area contributed by atoms with Crippen LogP contribution in [0.15, 0.2) is 46.9 Å². The molecule has 0 aromatic heterocycles. The molecule has 0 aliphatic heterocycles. The highest BCUT2D eigenvalue weighted by atomic mass is 79.9. The molecule has 1 atom stereocenters. The third-order valence-electron chi connectivity index (χ3n) is 3.10. The largest absolute Gasteiger partial charge is 0.327 e. The van der Waals surface area contributed by atoms with Gasteiger partial charge in [-0.05, 0) is 54.7 Å². The summed E-state index contributed by atoms with van der Waals surface area (Å²) in [5.41, 5.74) is 9.76. The molecule has 0 heterocycles. The molecule has 1 unspecified atom stereocenters. The van der Waals surface area contributed by atoms with Gasteiger partial charge < -0.3 is 5.73 Å². The van der Waals surface area contributed by atoms with Gasteiger partial charge in [-0.15, -0.1) is 0 Å². The van der Waals surface area contributed by atoms with Crippen molar-refractivity contribution in [2.45, 2.75) is 25.8 Å². The first-order valence-corrected chi connectivity index (χ1v) is 7.47. The third kappa shape index (κ3) is 4.34. The van der Waals surface area contributed by atoms with Gasteiger partial charge in [0.05, 0.1) is 0 Å². The molecular weight excluding hydrogens is 322 g/mol. The molecular formula is C16H17BrClN. The second kappa shape index (κ2) is 6.56. The Hall–Kier alpha value is -0.830.